The summed E-state index contributed by atoms with van der Waals surface area (Å²) in [5, 5.41) is 5.77. The van der Waals surface area contributed by atoms with E-state index in [1.165, 1.54) is 11.3 Å². The van der Waals surface area contributed by atoms with Crippen LogP contribution in [0.25, 0.3) is 16.4 Å². The number of rotatable bonds is 5. The van der Waals surface area contributed by atoms with Crippen molar-refractivity contribution in [2.75, 3.05) is 50.5 Å². The second-order valence-electron chi connectivity index (χ2n) is 7.99. The maximum Gasteiger partial charge on any atom is 0.222 e. The van der Waals surface area contributed by atoms with Gasteiger partial charge in [0.2, 0.25) is 5.95 Å². The van der Waals surface area contributed by atoms with E-state index < -0.39 is 0 Å². The third-order valence-electron chi connectivity index (χ3n) is 6.22. The lowest BCUT2D eigenvalue weighted by atomic mass is 10.1. The summed E-state index contributed by atoms with van der Waals surface area (Å²) >= 11 is 0. The minimum Gasteiger partial charge on any atom is -0.494 e. The molecule has 1 aliphatic heterocycles. The van der Waals surface area contributed by atoms with Crippen LogP contribution in [0, 0.1) is 0 Å². The third-order valence-corrected chi connectivity index (χ3v) is 6.22. The van der Waals surface area contributed by atoms with Gasteiger partial charge in [-0.15, -0.1) is 0 Å². The van der Waals surface area contributed by atoms with Gasteiger partial charge in [0.1, 0.15) is 11.3 Å². The number of piperazine rings is 1. The fourth-order valence-electron chi connectivity index (χ4n) is 4.52. The molecule has 0 atom stereocenters. The van der Waals surface area contributed by atoms with Crippen LogP contribution in [-0.2, 0) is 6.42 Å². The van der Waals surface area contributed by atoms with Crippen LogP contribution in [0.4, 0.5) is 11.6 Å². The van der Waals surface area contributed by atoms with E-state index in [1.807, 2.05) is 18.2 Å². The molecule has 0 amide bonds. The van der Waals surface area contributed by atoms with Crippen molar-refractivity contribution in [2.45, 2.75) is 13.3 Å². The number of anilines is 2. The van der Waals surface area contributed by atoms with Crippen molar-refractivity contribution in [3.8, 4) is 5.75 Å². The molecule has 0 bridgehead atoms. The van der Waals surface area contributed by atoms with Crippen molar-refractivity contribution >= 4 is 28.1 Å². The quantitative estimate of drug-likeness (QED) is 0.539. The molecule has 2 aromatic carbocycles. The highest BCUT2D eigenvalue weighted by Crippen LogP contribution is 2.30. The van der Waals surface area contributed by atoms with Gasteiger partial charge < -0.3 is 20.3 Å². The highest BCUT2D eigenvalue weighted by molar-refractivity contribution is 5.97. The van der Waals surface area contributed by atoms with E-state index in [4.69, 9.17) is 15.6 Å². The molecular formula is C24H28N6O. The van der Waals surface area contributed by atoms with E-state index in [1.54, 1.807) is 11.6 Å². The number of methoxy groups -OCH3 is 1. The number of ether oxygens (including phenoxy) is 1. The molecule has 1 saturated heterocycles. The predicted octanol–water partition coefficient (Wildman–Crippen LogP) is 3.21. The Hall–Kier alpha value is -3.32. The molecule has 0 saturated carbocycles. The first-order valence-electron chi connectivity index (χ1n) is 10.8. The highest BCUT2D eigenvalue weighted by Gasteiger charge is 2.19. The predicted molar refractivity (Wildman–Crippen MR) is 125 cm³/mol. The Labute approximate surface area is 182 Å². The second-order valence-corrected chi connectivity index (χ2v) is 7.99. The standard InChI is InChI=1S/C24H28N6O/c1-3-28-11-13-29(14-12-28)20-9-5-4-7-17(20)15-18-16-21-19-8-6-10-22(31-2)23(19)26-24(25)30(21)27-18/h4-10,16H,3,11-15H2,1-2H3,(H2,25,26). The average molecular weight is 417 g/mol. The van der Waals surface area contributed by atoms with Crippen molar-refractivity contribution in [3.05, 3.63) is 59.8 Å². The molecule has 7 heteroatoms. The van der Waals surface area contributed by atoms with Crippen LogP contribution in [0.2, 0.25) is 0 Å². The Bertz CT molecular complexity index is 1230. The molecule has 160 valence electrons. The number of nitrogen functional groups attached to an aromatic ring is 1. The summed E-state index contributed by atoms with van der Waals surface area (Å²) in [4.78, 5) is 9.53. The fourth-order valence-corrected chi connectivity index (χ4v) is 4.52. The Balaban J connectivity index is 1.51. The summed E-state index contributed by atoms with van der Waals surface area (Å²) < 4.78 is 7.21. The first-order chi connectivity index (χ1) is 15.2. The molecule has 3 heterocycles. The van der Waals surface area contributed by atoms with E-state index >= 15 is 0 Å². The van der Waals surface area contributed by atoms with Crippen LogP contribution in [0.5, 0.6) is 5.75 Å². The van der Waals surface area contributed by atoms with Gasteiger partial charge in [0, 0.05) is 43.7 Å². The Kier molecular flexibility index (Phi) is 5.11. The smallest absolute Gasteiger partial charge is 0.222 e. The number of hydrogen-bond donors (Lipinski definition) is 1. The zero-order chi connectivity index (χ0) is 21.4. The first-order valence-corrected chi connectivity index (χ1v) is 10.8. The lowest BCUT2D eigenvalue weighted by molar-refractivity contribution is 0.271. The van der Waals surface area contributed by atoms with Gasteiger partial charge in [-0.2, -0.15) is 9.61 Å². The summed E-state index contributed by atoms with van der Waals surface area (Å²) in [6.07, 6.45) is 0.747. The monoisotopic (exact) mass is 416 g/mol. The van der Waals surface area contributed by atoms with Gasteiger partial charge in [-0.05, 0) is 30.3 Å². The van der Waals surface area contributed by atoms with E-state index in [2.05, 4.69) is 52.0 Å². The van der Waals surface area contributed by atoms with Gasteiger partial charge in [0.25, 0.3) is 0 Å². The van der Waals surface area contributed by atoms with Gasteiger partial charge in [-0.25, -0.2) is 4.98 Å². The number of benzene rings is 2. The maximum absolute atomic E-state index is 6.25. The molecule has 2 N–H and O–H groups in total. The Morgan fingerprint density at radius 3 is 2.61 bits per heavy atom. The third kappa shape index (κ3) is 3.55. The van der Waals surface area contributed by atoms with E-state index in [0.717, 1.165) is 61.3 Å². The van der Waals surface area contributed by atoms with Crippen molar-refractivity contribution in [1.29, 1.82) is 0 Å². The van der Waals surface area contributed by atoms with E-state index in [9.17, 15) is 0 Å². The molecule has 4 aromatic rings. The van der Waals surface area contributed by atoms with E-state index in [0.29, 0.717) is 11.7 Å². The van der Waals surface area contributed by atoms with Crippen molar-refractivity contribution < 1.29 is 4.74 Å². The SMILES string of the molecule is CCN1CCN(c2ccccc2Cc2cc3c4cccc(OC)c4nc(N)n3n2)CC1. The lowest BCUT2D eigenvalue weighted by Gasteiger charge is -2.36. The first kappa shape index (κ1) is 19.6. The van der Waals surface area contributed by atoms with Crippen LogP contribution < -0.4 is 15.4 Å². The number of nitrogens with two attached hydrogens (primary N) is 1. The molecule has 1 aliphatic rings. The molecule has 1 fully saturated rings. The summed E-state index contributed by atoms with van der Waals surface area (Å²) in [7, 11) is 1.65. The van der Waals surface area contributed by atoms with Gasteiger partial charge in [0.05, 0.1) is 18.3 Å². The number of hydrogen-bond acceptors (Lipinski definition) is 6. The molecule has 7 nitrogen and oxygen atoms in total. The fraction of sp³-hybridized carbons (Fsp3) is 0.333. The van der Waals surface area contributed by atoms with E-state index in [-0.39, 0.29) is 0 Å². The molecular weight excluding hydrogens is 388 g/mol. The van der Waals surface area contributed by atoms with Crippen LogP contribution >= 0.6 is 0 Å². The lowest BCUT2D eigenvalue weighted by Crippen LogP contribution is -2.46. The highest BCUT2D eigenvalue weighted by atomic mass is 16.5. The summed E-state index contributed by atoms with van der Waals surface area (Å²) in [5.41, 5.74) is 11.5. The van der Waals surface area contributed by atoms with Gasteiger partial charge in [-0.3, -0.25) is 0 Å². The molecule has 31 heavy (non-hydrogen) atoms. The Morgan fingerprint density at radius 1 is 1.03 bits per heavy atom. The summed E-state index contributed by atoms with van der Waals surface area (Å²) in [5.74, 6) is 1.08. The van der Waals surface area contributed by atoms with Crippen molar-refractivity contribution in [2.24, 2.45) is 0 Å². The molecule has 0 aliphatic carbocycles. The zero-order valence-electron chi connectivity index (χ0n) is 18.1. The summed E-state index contributed by atoms with van der Waals surface area (Å²) in [6.45, 7) is 7.66. The van der Waals surface area contributed by atoms with Crippen LogP contribution in [0.3, 0.4) is 0 Å². The topological polar surface area (TPSA) is 71.9 Å². The maximum atomic E-state index is 6.25. The molecule has 2 aromatic heterocycles. The van der Waals surface area contributed by atoms with Crippen molar-refractivity contribution in [1.82, 2.24) is 19.5 Å². The Morgan fingerprint density at radius 2 is 1.84 bits per heavy atom. The zero-order valence-corrected chi connectivity index (χ0v) is 18.1. The van der Waals surface area contributed by atoms with Crippen LogP contribution in [0.1, 0.15) is 18.2 Å². The number of nitrogens with zero attached hydrogens (tertiary/aromatic N) is 5. The van der Waals surface area contributed by atoms with Crippen LogP contribution in [0.15, 0.2) is 48.5 Å². The van der Waals surface area contributed by atoms with Crippen LogP contribution in [-0.4, -0.2) is 59.3 Å². The molecule has 0 spiro atoms. The number of aromatic nitrogens is 3. The summed E-state index contributed by atoms with van der Waals surface area (Å²) in [6, 6.07) is 16.7. The number of likely N-dealkylation sites (N-methyl/N-ethyl adjacent to an activating group) is 1. The van der Waals surface area contributed by atoms with Crippen molar-refractivity contribution in [3.63, 3.8) is 0 Å². The molecule has 0 radical (unpaired) electrons. The van der Waals surface area contributed by atoms with Gasteiger partial charge in [0.15, 0.2) is 0 Å². The normalized spacial score (nSPS) is 15.1. The second kappa shape index (κ2) is 8.07. The van der Waals surface area contributed by atoms with Gasteiger partial charge in [-0.1, -0.05) is 37.3 Å². The van der Waals surface area contributed by atoms with Gasteiger partial charge >= 0.3 is 0 Å². The molecule has 0 unspecified atom stereocenters. The number of para-hydroxylation sites is 2. The average Bonchev–Trinajstić information content (AvgIpc) is 3.24. The minimum atomic E-state index is 0.363. The molecule has 5 rings (SSSR count). The number of fused-ring (bicyclic) bond motifs is 3. The minimum absolute atomic E-state index is 0.363. The largest absolute Gasteiger partial charge is 0.494 e.